The standard InChI is InChI=1S/C22H23BrN2O4S2/c1-28-16-6-7-21(29-2)19(13-16)20-14-30-22(24-20)25-10-8-17(9-11-25)31(26,27)18-5-3-4-15(23)12-18/h3-7,12-14,17H,8-11H2,1-2H3. The number of thiazole rings is 1. The summed E-state index contributed by atoms with van der Waals surface area (Å²) in [5.74, 6) is 1.47. The Labute approximate surface area is 194 Å². The van der Waals surface area contributed by atoms with Gasteiger partial charge >= 0.3 is 0 Å². The first-order valence-corrected chi connectivity index (χ1v) is 13.1. The van der Waals surface area contributed by atoms with E-state index in [9.17, 15) is 8.42 Å². The molecule has 4 rings (SSSR count). The van der Waals surface area contributed by atoms with Gasteiger partial charge in [0.1, 0.15) is 11.5 Å². The maximum Gasteiger partial charge on any atom is 0.185 e. The number of ether oxygens (including phenoxy) is 2. The number of rotatable bonds is 6. The number of benzene rings is 2. The molecule has 0 spiro atoms. The summed E-state index contributed by atoms with van der Waals surface area (Å²) < 4.78 is 37.6. The highest BCUT2D eigenvalue weighted by molar-refractivity contribution is 9.10. The topological polar surface area (TPSA) is 68.7 Å². The highest BCUT2D eigenvalue weighted by atomic mass is 79.9. The molecule has 6 nitrogen and oxygen atoms in total. The SMILES string of the molecule is COc1ccc(OC)c(-c2csc(N3CCC(S(=O)(=O)c4cccc(Br)c4)CC3)n2)c1. The van der Waals surface area contributed by atoms with Crippen LogP contribution < -0.4 is 14.4 Å². The molecule has 0 bridgehead atoms. The second kappa shape index (κ2) is 9.18. The van der Waals surface area contributed by atoms with Gasteiger partial charge in [0.25, 0.3) is 0 Å². The van der Waals surface area contributed by atoms with Crippen LogP contribution in [0.5, 0.6) is 11.5 Å². The molecule has 0 amide bonds. The molecular weight excluding hydrogens is 500 g/mol. The van der Waals surface area contributed by atoms with Gasteiger partial charge in [-0.3, -0.25) is 0 Å². The van der Waals surface area contributed by atoms with Crippen molar-refractivity contribution in [2.24, 2.45) is 0 Å². The van der Waals surface area contributed by atoms with E-state index < -0.39 is 9.84 Å². The zero-order valence-electron chi connectivity index (χ0n) is 17.2. The molecule has 2 aromatic carbocycles. The lowest BCUT2D eigenvalue weighted by Gasteiger charge is -2.31. The van der Waals surface area contributed by atoms with Crippen molar-refractivity contribution in [2.75, 3.05) is 32.2 Å². The summed E-state index contributed by atoms with van der Waals surface area (Å²) in [5, 5.41) is 2.51. The lowest BCUT2D eigenvalue weighted by molar-refractivity contribution is 0.404. The van der Waals surface area contributed by atoms with Gasteiger partial charge in [-0.25, -0.2) is 13.4 Å². The maximum atomic E-state index is 13.0. The second-order valence-corrected chi connectivity index (χ2v) is 11.3. The molecule has 0 radical (unpaired) electrons. The van der Waals surface area contributed by atoms with Crippen LogP contribution in [0.2, 0.25) is 0 Å². The molecule has 164 valence electrons. The Morgan fingerprint density at radius 2 is 1.87 bits per heavy atom. The molecule has 1 aromatic heterocycles. The van der Waals surface area contributed by atoms with Crippen molar-refractivity contribution in [1.29, 1.82) is 0 Å². The summed E-state index contributed by atoms with van der Waals surface area (Å²) in [4.78, 5) is 7.34. The Hall–Kier alpha value is -2.10. The fourth-order valence-corrected chi connectivity index (χ4v) is 6.95. The molecule has 1 fully saturated rings. The third-order valence-electron chi connectivity index (χ3n) is 5.45. The summed E-state index contributed by atoms with van der Waals surface area (Å²) in [6, 6.07) is 12.6. The van der Waals surface area contributed by atoms with Crippen LogP contribution in [0, 0.1) is 0 Å². The molecule has 1 saturated heterocycles. The number of sulfone groups is 1. The van der Waals surface area contributed by atoms with E-state index in [1.54, 1.807) is 43.8 Å². The number of anilines is 1. The van der Waals surface area contributed by atoms with Crippen molar-refractivity contribution in [3.63, 3.8) is 0 Å². The fraction of sp³-hybridized carbons (Fsp3) is 0.318. The molecular formula is C22H23BrN2O4S2. The van der Waals surface area contributed by atoms with E-state index in [0.29, 0.717) is 30.8 Å². The van der Waals surface area contributed by atoms with Gasteiger partial charge in [-0.2, -0.15) is 0 Å². The van der Waals surface area contributed by atoms with Crippen molar-refractivity contribution in [3.05, 3.63) is 52.3 Å². The molecule has 2 heterocycles. The first-order valence-electron chi connectivity index (χ1n) is 9.84. The monoisotopic (exact) mass is 522 g/mol. The molecule has 31 heavy (non-hydrogen) atoms. The molecule has 1 aliphatic heterocycles. The largest absolute Gasteiger partial charge is 0.497 e. The first-order chi connectivity index (χ1) is 14.9. The minimum absolute atomic E-state index is 0.377. The molecule has 0 aliphatic carbocycles. The van der Waals surface area contributed by atoms with Crippen LogP contribution >= 0.6 is 27.3 Å². The Kier molecular flexibility index (Phi) is 6.55. The number of hydrogen-bond donors (Lipinski definition) is 0. The average molecular weight is 523 g/mol. The van der Waals surface area contributed by atoms with Crippen LogP contribution in [0.3, 0.4) is 0 Å². The smallest absolute Gasteiger partial charge is 0.185 e. The quantitative estimate of drug-likeness (QED) is 0.452. The molecule has 1 aliphatic rings. The minimum Gasteiger partial charge on any atom is -0.497 e. The highest BCUT2D eigenvalue weighted by Gasteiger charge is 2.32. The average Bonchev–Trinajstić information content (AvgIpc) is 3.29. The van der Waals surface area contributed by atoms with Crippen LogP contribution in [0.1, 0.15) is 12.8 Å². The Morgan fingerprint density at radius 1 is 1.10 bits per heavy atom. The van der Waals surface area contributed by atoms with Crippen molar-refractivity contribution < 1.29 is 17.9 Å². The first kappa shape index (κ1) is 22.1. The third kappa shape index (κ3) is 4.58. The van der Waals surface area contributed by atoms with E-state index >= 15 is 0 Å². The number of hydrogen-bond acceptors (Lipinski definition) is 7. The van der Waals surface area contributed by atoms with Crippen LogP contribution in [-0.2, 0) is 9.84 Å². The van der Waals surface area contributed by atoms with E-state index in [1.807, 2.05) is 29.6 Å². The van der Waals surface area contributed by atoms with E-state index in [4.69, 9.17) is 14.5 Å². The van der Waals surface area contributed by atoms with E-state index in [-0.39, 0.29) is 5.25 Å². The highest BCUT2D eigenvalue weighted by Crippen LogP contribution is 2.37. The lowest BCUT2D eigenvalue weighted by atomic mass is 10.1. The van der Waals surface area contributed by atoms with Crippen LogP contribution in [-0.4, -0.2) is 46.0 Å². The molecule has 9 heteroatoms. The van der Waals surface area contributed by atoms with E-state index in [2.05, 4.69) is 20.8 Å². The number of nitrogens with zero attached hydrogens (tertiary/aromatic N) is 2. The maximum absolute atomic E-state index is 13.0. The van der Waals surface area contributed by atoms with E-state index in [0.717, 1.165) is 32.4 Å². The van der Waals surface area contributed by atoms with Gasteiger partial charge in [0.05, 0.1) is 30.1 Å². The summed E-state index contributed by atoms with van der Waals surface area (Å²) in [6.45, 7) is 1.31. The number of aromatic nitrogens is 1. The Bertz CT molecular complexity index is 1170. The predicted molar refractivity (Wildman–Crippen MR) is 127 cm³/mol. The lowest BCUT2D eigenvalue weighted by Crippen LogP contribution is -2.39. The molecule has 0 saturated carbocycles. The van der Waals surface area contributed by atoms with E-state index in [1.165, 1.54) is 0 Å². The van der Waals surface area contributed by atoms with Crippen molar-refractivity contribution in [1.82, 2.24) is 4.98 Å². The second-order valence-electron chi connectivity index (χ2n) is 7.27. The van der Waals surface area contributed by atoms with Gasteiger partial charge in [0.15, 0.2) is 15.0 Å². The number of piperidine rings is 1. The number of methoxy groups -OCH3 is 2. The molecule has 0 atom stereocenters. The van der Waals surface area contributed by atoms with Gasteiger partial charge in [-0.15, -0.1) is 11.3 Å². The Balaban J connectivity index is 1.49. The van der Waals surface area contributed by atoms with Gasteiger partial charge in [-0.1, -0.05) is 22.0 Å². The predicted octanol–water partition coefficient (Wildman–Crippen LogP) is 5.03. The van der Waals surface area contributed by atoms with Gasteiger partial charge in [0.2, 0.25) is 0 Å². The van der Waals surface area contributed by atoms with Crippen molar-refractivity contribution >= 4 is 42.2 Å². The van der Waals surface area contributed by atoms with Crippen LogP contribution in [0.4, 0.5) is 5.13 Å². The van der Waals surface area contributed by atoms with Gasteiger partial charge < -0.3 is 14.4 Å². The zero-order chi connectivity index (χ0) is 22.0. The van der Waals surface area contributed by atoms with Gasteiger partial charge in [0, 0.05) is 28.5 Å². The summed E-state index contributed by atoms with van der Waals surface area (Å²) >= 11 is 4.92. The normalized spacial score (nSPS) is 15.1. The van der Waals surface area contributed by atoms with Gasteiger partial charge in [-0.05, 0) is 49.2 Å². The molecule has 0 unspecified atom stereocenters. The van der Waals surface area contributed by atoms with Crippen LogP contribution in [0.25, 0.3) is 11.3 Å². The van der Waals surface area contributed by atoms with Crippen LogP contribution in [0.15, 0.2) is 57.2 Å². The fourth-order valence-electron chi connectivity index (χ4n) is 3.74. The third-order valence-corrected chi connectivity index (χ3v) is 9.11. The Morgan fingerprint density at radius 3 is 2.55 bits per heavy atom. The molecule has 0 N–H and O–H groups in total. The van der Waals surface area contributed by atoms with Crippen molar-refractivity contribution in [2.45, 2.75) is 23.0 Å². The number of halogens is 1. The molecule has 3 aromatic rings. The summed E-state index contributed by atoms with van der Waals surface area (Å²) in [6.07, 6.45) is 1.15. The zero-order valence-corrected chi connectivity index (χ0v) is 20.5. The van der Waals surface area contributed by atoms with Crippen molar-refractivity contribution in [3.8, 4) is 22.8 Å². The minimum atomic E-state index is -3.35. The summed E-state index contributed by atoms with van der Waals surface area (Å²) in [5.41, 5.74) is 1.69. The summed E-state index contributed by atoms with van der Waals surface area (Å²) in [7, 11) is -0.0854.